The standard InChI is InChI=1S/C8H8BrO/c1-6(10)7-2-4-8(9)5-3-7/h2-6,10H,1H2. The number of hydrogen-bond acceptors (Lipinski definition) is 1. The molecule has 0 amide bonds. The molecule has 2 heteroatoms. The van der Waals surface area contributed by atoms with Gasteiger partial charge < -0.3 is 5.11 Å². The van der Waals surface area contributed by atoms with Gasteiger partial charge in [-0.15, -0.1) is 0 Å². The molecule has 0 aliphatic rings. The minimum Gasteiger partial charge on any atom is -0.388 e. The number of halogens is 1. The van der Waals surface area contributed by atoms with E-state index in [1.165, 1.54) is 0 Å². The molecule has 0 spiro atoms. The van der Waals surface area contributed by atoms with Crippen molar-refractivity contribution in [2.45, 2.75) is 6.10 Å². The van der Waals surface area contributed by atoms with Crippen LogP contribution in [0.5, 0.6) is 0 Å². The minimum absolute atomic E-state index is 0.618. The summed E-state index contributed by atoms with van der Waals surface area (Å²) < 4.78 is 1.01. The molecular formula is C8H8BrO. The number of benzene rings is 1. The van der Waals surface area contributed by atoms with Crippen molar-refractivity contribution >= 4 is 15.9 Å². The van der Waals surface area contributed by atoms with E-state index in [2.05, 4.69) is 22.9 Å². The van der Waals surface area contributed by atoms with E-state index >= 15 is 0 Å². The second-order valence-electron chi connectivity index (χ2n) is 2.07. The van der Waals surface area contributed by atoms with Crippen LogP contribution < -0.4 is 0 Å². The number of rotatable bonds is 1. The molecule has 1 aromatic carbocycles. The monoisotopic (exact) mass is 199 g/mol. The Bertz CT molecular complexity index is 203. The van der Waals surface area contributed by atoms with Crippen LogP contribution in [0.3, 0.4) is 0 Å². The zero-order valence-electron chi connectivity index (χ0n) is 5.42. The lowest BCUT2D eigenvalue weighted by molar-refractivity contribution is 0.226. The fourth-order valence-electron chi connectivity index (χ4n) is 0.685. The molecule has 1 unspecified atom stereocenters. The largest absolute Gasteiger partial charge is 0.388 e. The van der Waals surface area contributed by atoms with E-state index in [0.29, 0.717) is 0 Å². The van der Waals surface area contributed by atoms with Crippen molar-refractivity contribution in [3.8, 4) is 0 Å². The summed E-state index contributed by atoms with van der Waals surface area (Å²) in [7, 11) is 0. The van der Waals surface area contributed by atoms with E-state index in [0.717, 1.165) is 10.0 Å². The summed E-state index contributed by atoms with van der Waals surface area (Å²) in [6.07, 6.45) is -0.618. The smallest absolute Gasteiger partial charge is 0.0791 e. The van der Waals surface area contributed by atoms with Crippen molar-refractivity contribution in [1.29, 1.82) is 0 Å². The summed E-state index contributed by atoms with van der Waals surface area (Å²) in [5.41, 5.74) is 0.836. The topological polar surface area (TPSA) is 20.2 Å². The summed E-state index contributed by atoms with van der Waals surface area (Å²) >= 11 is 3.29. The first-order valence-electron chi connectivity index (χ1n) is 2.97. The average molecular weight is 200 g/mol. The van der Waals surface area contributed by atoms with Gasteiger partial charge in [-0.2, -0.15) is 0 Å². The quantitative estimate of drug-likeness (QED) is 0.737. The molecule has 1 atom stereocenters. The van der Waals surface area contributed by atoms with Gasteiger partial charge in [-0.3, -0.25) is 0 Å². The number of hydrogen-bond donors (Lipinski definition) is 1. The van der Waals surface area contributed by atoms with E-state index in [-0.39, 0.29) is 0 Å². The molecule has 0 saturated heterocycles. The Labute approximate surface area is 68.8 Å². The highest BCUT2D eigenvalue weighted by Crippen LogP contribution is 2.15. The molecule has 53 valence electrons. The molecule has 0 aliphatic heterocycles. The third-order valence-electron chi connectivity index (χ3n) is 1.25. The van der Waals surface area contributed by atoms with Crippen LogP contribution in [0.25, 0.3) is 0 Å². The second kappa shape index (κ2) is 3.17. The molecule has 0 aromatic heterocycles. The van der Waals surface area contributed by atoms with E-state index in [1.807, 2.05) is 24.3 Å². The van der Waals surface area contributed by atoms with E-state index < -0.39 is 6.10 Å². The van der Waals surface area contributed by atoms with Crippen molar-refractivity contribution in [1.82, 2.24) is 0 Å². The molecule has 1 aromatic rings. The SMILES string of the molecule is [CH2]C(O)c1ccc(Br)cc1. The lowest BCUT2D eigenvalue weighted by Crippen LogP contribution is -1.89. The molecular weight excluding hydrogens is 192 g/mol. The van der Waals surface area contributed by atoms with Crippen LogP contribution >= 0.6 is 15.9 Å². The predicted octanol–water partition coefficient (Wildman–Crippen LogP) is 2.32. The van der Waals surface area contributed by atoms with E-state index in [4.69, 9.17) is 5.11 Å². The average Bonchev–Trinajstić information content (AvgIpc) is 1.88. The van der Waals surface area contributed by atoms with Gasteiger partial charge in [-0.25, -0.2) is 0 Å². The molecule has 0 heterocycles. The van der Waals surface area contributed by atoms with Gasteiger partial charge in [-0.1, -0.05) is 28.1 Å². The molecule has 1 rings (SSSR count). The molecule has 0 saturated carbocycles. The Morgan fingerprint density at radius 3 is 2.20 bits per heavy atom. The fraction of sp³-hybridized carbons (Fsp3) is 0.125. The van der Waals surface area contributed by atoms with Crippen LogP contribution in [0.4, 0.5) is 0 Å². The highest BCUT2D eigenvalue weighted by Gasteiger charge is 1.97. The van der Waals surface area contributed by atoms with Crippen molar-refractivity contribution in [3.63, 3.8) is 0 Å². The molecule has 0 bridgehead atoms. The predicted molar refractivity (Wildman–Crippen MR) is 44.5 cm³/mol. The molecule has 1 nitrogen and oxygen atoms in total. The zero-order valence-corrected chi connectivity index (χ0v) is 7.01. The van der Waals surface area contributed by atoms with Gasteiger partial charge in [-0.05, 0) is 24.6 Å². The highest BCUT2D eigenvalue weighted by molar-refractivity contribution is 9.10. The fourth-order valence-corrected chi connectivity index (χ4v) is 0.949. The van der Waals surface area contributed by atoms with Gasteiger partial charge in [0.2, 0.25) is 0 Å². The highest BCUT2D eigenvalue weighted by atomic mass is 79.9. The van der Waals surface area contributed by atoms with Crippen molar-refractivity contribution < 1.29 is 5.11 Å². The van der Waals surface area contributed by atoms with Crippen molar-refractivity contribution in [2.24, 2.45) is 0 Å². The van der Waals surface area contributed by atoms with Gasteiger partial charge in [0, 0.05) is 4.47 Å². The van der Waals surface area contributed by atoms with Gasteiger partial charge in [0.1, 0.15) is 0 Å². The minimum atomic E-state index is -0.618. The van der Waals surface area contributed by atoms with E-state index in [9.17, 15) is 0 Å². The lowest BCUT2D eigenvalue weighted by atomic mass is 10.1. The zero-order chi connectivity index (χ0) is 7.56. The maximum Gasteiger partial charge on any atom is 0.0791 e. The maximum absolute atomic E-state index is 8.99. The Morgan fingerprint density at radius 2 is 1.80 bits per heavy atom. The summed E-state index contributed by atoms with van der Waals surface area (Å²) in [4.78, 5) is 0. The first kappa shape index (κ1) is 7.76. The molecule has 10 heavy (non-hydrogen) atoms. The normalized spacial score (nSPS) is 13.1. The Hall–Kier alpha value is -0.340. The van der Waals surface area contributed by atoms with E-state index in [1.54, 1.807) is 0 Å². The van der Waals surface area contributed by atoms with Gasteiger partial charge in [0.25, 0.3) is 0 Å². The summed E-state index contributed by atoms with van der Waals surface area (Å²) in [6.45, 7) is 3.48. The molecule has 0 fully saturated rings. The molecule has 1 N–H and O–H groups in total. The number of aliphatic hydroxyl groups is 1. The summed E-state index contributed by atoms with van der Waals surface area (Å²) in [5.74, 6) is 0. The second-order valence-corrected chi connectivity index (χ2v) is 2.98. The molecule has 0 aliphatic carbocycles. The lowest BCUT2D eigenvalue weighted by Gasteiger charge is -2.02. The Balaban J connectivity index is 2.89. The van der Waals surface area contributed by atoms with Crippen molar-refractivity contribution in [3.05, 3.63) is 41.2 Å². The Kier molecular flexibility index (Phi) is 2.46. The van der Waals surface area contributed by atoms with Crippen LogP contribution in [0, 0.1) is 6.92 Å². The van der Waals surface area contributed by atoms with Crippen LogP contribution in [-0.4, -0.2) is 5.11 Å². The molecule has 1 radical (unpaired) electrons. The third kappa shape index (κ3) is 1.82. The van der Waals surface area contributed by atoms with Crippen LogP contribution in [0.2, 0.25) is 0 Å². The van der Waals surface area contributed by atoms with Crippen LogP contribution in [-0.2, 0) is 0 Å². The first-order chi connectivity index (χ1) is 4.70. The number of aliphatic hydroxyl groups excluding tert-OH is 1. The van der Waals surface area contributed by atoms with Crippen LogP contribution in [0.1, 0.15) is 11.7 Å². The van der Waals surface area contributed by atoms with Gasteiger partial charge in [0.05, 0.1) is 6.10 Å². The van der Waals surface area contributed by atoms with Crippen molar-refractivity contribution in [2.75, 3.05) is 0 Å². The Morgan fingerprint density at radius 1 is 1.30 bits per heavy atom. The van der Waals surface area contributed by atoms with Crippen LogP contribution in [0.15, 0.2) is 28.7 Å². The van der Waals surface area contributed by atoms with Gasteiger partial charge in [0.15, 0.2) is 0 Å². The summed E-state index contributed by atoms with van der Waals surface area (Å²) in [5, 5.41) is 8.99. The van der Waals surface area contributed by atoms with Gasteiger partial charge >= 0.3 is 0 Å². The summed E-state index contributed by atoms with van der Waals surface area (Å²) in [6, 6.07) is 7.43. The third-order valence-corrected chi connectivity index (χ3v) is 1.78. The maximum atomic E-state index is 8.99. The first-order valence-corrected chi connectivity index (χ1v) is 3.76.